The molecular weight excluding hydrogens is 338 g/mol. The average Bonchev–Trinajstić information content (AvgIpc) is 2.66. The van der Waals surface area contributed by atoms with Crippen molar-refractivity contribution in [2.75, 3.05) is 13.1 Å². The normalized spacial score (nSPS) is 17.1. The lowest BCUT2D eigenvalue weighted by atomic mass is 10.1. The van der Waals surface area contributed by atoms with Crippen molar-refractivity contribution in [2.24, 2.45) is 0 Å². The molecule has 1 unspecified atom stereocenters. The Balaban J connectivity index is 1.57. The number of benzene rings is 2. The number of nitrogens with zero attached hydrogens (tertiary/aromatic N) is 2. The second-order valence-electron chi connectivity index (χ2n) is 7.20. The number of rotatable bonds is 4. The summed E-state index contributed by atoms with van der Waals surface area (Å²) in [7, 11) is 0. The van der Waals surface area contributed by atoms with Crippen LogP contribution in [0.1, 0.15) is 29.2 Å². The van der Waals surface area contributed by atoms with E-state index in [2.05, 4.69) is 29.6 Å². The summed E-state index contributed by atoms with van der Waals surface area (Å²) in [5.41, 5.74) is 4.54. The number of urea groups is 1. The molecule has 1 fully saturated rings. The SMILES string of the molecule is Cc1ccc(CN2CCN(C(=O)NCc3ccccc3C)C(C)C2=O)cc1. The smallest absolute Gasteiger partial charge is 0.318 e. The van der Waals surface area contributed by atoms with Crippen LogP contribution in [0.2, 0.25) is 0 Å². The molecule has 1 aliphatic rings. The Morgan fingerprint density at radius 2 is 1.78 bits per heavy atom. The van der Waals surface area contributed by atoms with Gasteiger partial charge in [0.25, 0.3) is 0 Å². The quantitative estimate of drug-likeness (QED) is 0.904. The van der Waals surface area contributed by atoms with Gasteiger partial charge < -0.3 is 15.1 Å². The first-order chi connectivity index (χ1) is 13.0. The lowest BCUT2D eigenvalue weighted by Crippen LogP contribution is -2.59. The minimum Gasteiger partial charge on any atom is -0.335 e. The third-order valence-electron chi connectivity index (χ3n) is 5.19. The first kappa shape index (κ1) is 19.0. The maximum atomic E-state index is 12.7. The summed E-state index contributed by atoms with van der Waals surface area (Å²) >= 11 is 0. The molecule has 142 valence electrons. The number of carbonyl (C=O) groups excluding carboxylic acids is 2. The molecule has 1 aliphatic heterocycles. The maximum absolute atomic E-state index is 12.7. The zero-order chi connectivity index (χ0) is 19.4. The number of hydrogen-bond acceptors (Lipinski definition) is 2. The van der Waals surface area contributed by atoms with E-state index in [1.807, 2.05) is 43.0 Å². The Hall–Kier alpha value is -2.82. The van der Waals surface area contributed by atoms with E-state index in [9.17, 15) is 9.59 Å². The van der Waals surface area contributed by atoms with E-state index in [1.54, 1.807) is 11.8 Å². The van der Waals surface area contributed by atoms with E-state index in [1.165, 1.54) is 5.56 Å². The van der Waals surface area contributed by atoms with E-state index in [0.29, 0.717) is 26.2 Å². The van der Waals surface area contributed by atoms with Crippen molar-refractivity contribution >= 4 is 11.9 Å². The maximum Gasteiger partial charge on any atom is 0.318 e. The number of hydrogen-bond donors (Lipinski definition) is 1. The molecule has 0 bridgehead atoms. The largest absolute Gasteiger partial charge is 0.335 e. The van der Waals surface area contributed by atoms with Crippen molar-refractivity contribution in [1.29, 1.82) is 0 Å². The van der Waals surface area contributed by atoms with Crippen LogP contribution in [-0.4, -0.2) is 40.9 Å². The highest BCUT2D eigenvalue weighted by Crippen LogP contribution is 2.16. The predicted molar refractivity (Wildman–Crippen MR) is 106 cm³/mol. The van der Waals surface area contributed by atoms with Crippen LogP contribution in [0.25, 0.3) is 0 Å². The molecule has 0 radical (unpaired) electrons. The molecule has 1 heterocycles. The van der Waals surface area contributed by atoms with Crippen LogP contribution < -0.4 is 5.32 Å². The third-order valence-corrected chi connectivity index (χ3v) is 5.19. The van der Waals surface area contributed by atoms with E-state index in [-0.39, 0.29) is 11.9 Å². The number of piperazine rings is 1. The zero-order valence-electron chi connectivity index (χ0n) is 16.2. The van der Waals surface area contributed by atoms with Gasteiger partial charge in [0.15, 0.2) is 0 Å². The monoisotopic (exact) mass is 365 g/mol. The van der Waals surface area contributed by atoms with Crippen molar-refractivity contribution in [3.05, 3.63) is 70.8 Å². The first-order valence-corrected chi connectivity index (χ1v) is 9.39. The molecule has 5 heteroatoms. The van der Waals surface area contributed by atoms with Gasteiger partial charge >= 0.3 is 6.03 Å². The van der Waals surface area contributed by atoms with Gasteiger partial charge in [-0.15, -0.1) is 0 Å². The van der Waals surface area contributed by atoms with Crippen LogP contribution in [0.3, 0.4) is 0 Å². The fraction of sp³-hybridized carbons (Fsp3) is 0.364. The van der Waals surface area contributed by atoms with Gasteiger partial charge in [0.2, 0.25) is 5.91 Å². The fourth-order valence-corrected chi connectivity index (χ4v) is 3.36. The Kier molecular flexibility index (Phi) is 5.79. The molecule has 0 aromatic heterocycles. The van der Waals surface area contributed by atoms with Crippen LogP contribution in [-0.2, 0) is 17.9 Å². The Labute approximate surface area is 161 Å². The van der Waals surface area contributed by atoms with Crippen LogP contribution in [0.5, 0.6) is 0 Å². The highest BCUT2D eigenvalue weighted by molar-refractivity contribution is 5.88. The molecule has 3 amide bonds. The van der Waals surface area contributed by atoms with E-state index >= 15 is 0 Å². The van der Waals surface area contributed by atoms with E-state index in [4.69, 9.17) is 0 Å². The highest BCUT2D eigenvalue weighted by Gasteiger charge is 2.34. The van der Waals surface area contributed by atoms with Gasteiger partial charge in [0, 0.05) is 26.2 Å². The van der Waals surface area contributed by atoms with Gasteiger partial charge in [-0.25, -0.2) is 4.79 Å². The van der Waals surface area contributed by atoms with E-state index < -0.39 is 6.04 Å². The summed E-state index contributed by atoms with van der Waals surface area (Å²) in [6.07, 6.45) is 0. The summed E-state index contributed by atoms with van der Waals surface area (Å²) in [6, 6.07) is 15.5. The van der Waals surface area contributed by atoms with Crippen molar-refractivity contribution in [2.45, 2.75) is 39.9 Å². The molecule has 1 atom stereocenters. The number of nitrogens with one attached hydrogen (secondary N) is 1. The fourth-order valence-electron chi connectivity index (χ4n) is 3.36. The van der Waals surface area contributed by atoms with Crippen LogP contribution in [0.4, 0.5) is 4.79 Å². The number of aryl methyl sites for hydroxylation is 2. The molecule has 2 aromatic carbocycles. The second-order valence-corrected chi connectivity index (χ2v) is 7.20. The number of carbonyl (C=O) groups is 2. The zero-order valence-corrected chi connectivity index (χ0v) is 16.2. The minimum absolute atomic E-state index is 0.00660. The predicted octanol–water partition coefficient (Wildman–Crippen LogP) is 3.25. The first-order valence-electron chi connectivity index (χ1n) is 9.39. The standard InChI is InChI=1S/C22H27N3O2/c1-16-8-10-19(11-9-16)15-24-12-13-25(18(3)21(24)26)22(27)23-14-20-7-5-4-6-17(20)2/h4-11,18H,12-15H2,1-3H3,(H,23,27). The van der Waals surface area contributed by atoms with Crippen LogP contribution in [0, 0.1) is 13.8 Å². The van der Waals surface area contributed by atoms with Crippen molar-refractivity contribution in [3.63, 3.8) is 0 Å². The topological polar surface area (TPSA) is 52.6 Å². The van der Waals surface area contributed by atoms with Gasteiger partial charge in [-0.1, -0.05) is 54.1 Å². The molecule has 0 saturated carbocycles. The Bertz CT molecular complexity index is 817. The second kappa shape index (κ2) is 8.25. The van der Waals surface area contributed by atoms with Gasteiger partial charge in [0.05, 0.1) is 0 Å². The van der Waals surface area contributed by atoms with Gasteiger partial charge in [0.1, 0.15) is 6.04 Å². The van der Waals surface area contributed by atoms with E-state index in [0.717, 1.165) is 16.7 Å². The third kappa shape index (κ3) is 4.48. The summed E-state index contributed by atoms with van der Waals surface area (Å²) in [5, 5.41) is 2.95. The lowest BCUT2D eigenvalue weighted by Gasteiger charge is -2.39. The van der Waals surface area contributed by atoms with Crippen molar-refractivity contribution in [3.8, 4) is 0 Å². The van der Waals surface area contributed by atoms with Gasteiger partial charge in [-0.2, -0.15) is 0 Å². The molecular formula is C22H27N3O2. The molecule has 3 rings (SSSR count). The van der Waals surface area contributed by atoms with Gasteiger partial charge in [-0.3, -0.25) is 4.79 Å². The summed E-state index contributed by atoms with van der Waals surface area (Å²) in [4.78, 5) is 28.8. The molecule has 5 nitrogen and oxygen atoms in total. The molecule has 2 aromatic rings. The average molecular weight is 365 g/mol. The van der Waals surface area contributed by atoms with Crippen LogP contribution in [0.15, 0.2) is 48.5 Å². The highest BCUT2D eigenvalue weighted by atomic mass is 16.2. The molecule has 0 spiro atoms. The lowest BCUT2D eigenvalue weighted by molar-refractivity contribution is -0.139. The van der Waals surface area contributed by atoms with Gasteiger partial charge in [-0.05, 0) is 37.5 Å². The molecule has 1 saturated heterocycles. The summed E-state index contributed by atoms with van der Waals surface area (Å²) < 4.78 is 0. The molecule has 1 N–H and O–H groups in total. The molecule has 0 aliphatic carbocycles. The molecule has 27 heavy (non-hydrogen) atoms. The Morgan fingerprint density at radius 1 is 1.07 bits per heavy atom. The van der Waals surface area contributed by atoms with Crippen molar-refractivity contribution in [1.82, 2.24) is 15.1 Å². The minimum atomic E-state index is -0.457. The Morgan fingerprint density at radius 3 is 2.48 bits per heavy atom. The van der Waals surface area contributed by atoms with Crippen molar-refractivity contribution < 1.29 is 9.59 Å². The van der Waals surface area contributed by atoms with Crippen LogP contribution >= 0.6 is 0 Å². The summed E-state index contributed by atoms with van der Waals surface area (Å²) in [5.74, 6) is -0.00660. The summed E-state index contributed by atoms with van der Waals surface area (Å²) in [6.45, 7) is 8.02. The number of amides is 3.